The van der Waals surface area contributed by atoms with E-state index in [0.717, 1.165) is 42.5 Å². The summed E-state index contributed by atoms with van der Waals surface area (Å²) in [4.78, 5) is 8.92. The third-order valence-electron chi connectivity index (χ3n) is 3.34. The van der Waals surface area contributed by atoms with E-state index in [1.54, 1.807) is 12.1 Å². The van der Waals surface area contributed by atoms with Crippen LogP contribution in [0.2, 0.25) is 10.2 Å². The Morgan fingerprint density at radius 3 is 2.63 bits per heavy atom. The molecule has 1 aliphatic rings. The summed E-state index contributed by atoms with van der Waals surface area (Å²) < 4.78 is 0. The zero-order valence-electron chi connectivity index (χ0n) is 10.2. The Labute approximate surface area is 121 Å². The summed E-state index contributed by atoms with van der Waals surface area (Å²) in [6.45, 7) is 0. The SMILES string of the molecule is Oc1ccc(-c2nc(Cl)c3c(n2)CCCC3)cc1Cl. The largest absolute Gasteiger partial charge is 0.506 e. The number of phenolic OH excluding ortho intramolecular Hbond substituents is 1. The first kappa shape index (κ1) is 12.7. The number of aromatic hydroxyl groups is 1. The number of rotatable bonds is 1. The lowest BCUT2D eigenvalue weighted by atomic mass is 9.97. The van der Waals surface area contributed by atoms with Crippen molar-refractivity contribution in [2.24, 2.45) is 0 Å². The van der Waals surface area contributed by atoms with Crippen molar-refractivity contribution in [2.45, 2.75) is 25.7 Å². The van der Waals surface area contributed by atoms with E-state index < -0.39 is 0 Å². The molecule has 0 radical (unpaired) electrons. The summed E-state index contributed by atoms with van der Waals surface area (Å²) in [6.07, 6.45) is 4.16. The van der Waals surface area contributed by atoms with Crippen LogP contribution in [0.25, 0.3) is 11.4 Å². The highest BCUT2D eigenvalue weighted by molar-refractivity contribution is 6.32. The average Bonchev–Trinajstić information content (AvgIpc) is 2.42. The third kappa shape index (κ3) is 2.40. The molecule has 0 amide bonds. The Bertz CT molecular complexity index is 644. The molecule has 1 aromatic carbocycles. The van der Waals surface area contributed by atoms with Crippen LogP contribution < -0.4 is 0 Å². The molecule has 1 N–H and O–H groups in total. The highest BCUT2D eigenvalue weighted by atomic mass is 35.5. The molecule has 3 nitrogen and oxygen atoms in total. The predicted octanol–water partition coefficient (Wildman–Crippen LogP) is 4.03. The fourth-order valence-corrected chi connectivity index (χ4v) is 2.79. The molecular formula is C14H12Cl2N2O. The number of hydrogen-bond acceptors (Lipinski definition) is 3. The van der Waals surface area contributed by atoms with Gasteiger partial charge >= 0.3 is 0 Å². The summed E-state index contributed by atoms with van der Waals surface area (Å²) >= 11 is 12.1. The molecule has 0 aliphatic heterocycles. The van der Waals surface area contributed by atoms with E-state index in [4.69, 9.17) is 23.2 Å². The van der Waals surface area contributed by atoms with Gasteiger partial charge in [0.05, 0.1) is 5.02 Å². The second-order valence-electron chi connectivity index (χ2n) is 4.64. The number of benzene rings is 1. The van der Waals surface area contributed by atoms with Crippen LogP contribution in [0.15, 0.2) is 18.2 Å². The lowest BCUT2D eigenvalue weighted by Crippen LogP contribution is -2.08. The second-order valence-corrected chi connectivity index (χ2v) is 5.40. The molecule has 0 spiro atoms. The van der Waals surface area contributed by atoms with Crippen LogP contribution in [-0.2, 0) is 12.8 Å². The van der Waals surface area contributed by atoms with Crippen LogP contribution in [-0.4, -0.2) is 15.1 Å². The summed E-state index contributed by atoms with van der Waals surface area (Å²) in [5.74, 6) is 0.613. The highest BCUT2D eigenvalue weighted by Gasteiger charge is 2.17. The van der Waals surface area contributed by atoms with Crippen LogP contribution >= 0.6 is 23.2 Å². The molecule has 19 heavy (non-hydrogen) atoms. The van der Waals surface area contributed by atoms with Gasteiger partial charge < -0.3 is 5.11 Å². The first-order valence-corrected chi connectivity index (χ1v) is 6.95. The number of fused-ring (bicyclic) bond motifs is 1. The van der Waals surface area contributed by atoms with Crippen LogP contribution in [0, 0.1) is 0 Å². The molecule has 0 fully saturated rings. The Morgan fingerprint density at radius 1 is 1.05 bits per heavy atom. The summed E-state index contributed by atoms with van der Waals surface area (Å²) in [6, 6.07) is 4.92. The van der Waals surface area contributed by atoms with E-state index in [1.807, 2.05) is 0 Å². The highest BCUT2D eigenvalue weighted by Crippen LogP contribution is 2.31. The minimum atomic E-state index is 0.0504. The van der Waals surface area contributed by atoms with Crippen LogP contribution in [0.1, 0.15) is 24.1 Å². The van der Waals surface area contributed by atoms with Crippen molar-refractivity contribution in [1.29, 1.82) is 0 Å². The Morgan fingerprint density at radius 2 is 1.84 bits per heavy atom. The zero-order chi connectivity index (χ0) is 13.4. The van der Waals surface area contributed by atoms with Gasteiger partial charge in [-0.1, -0.05) is 23.2 Å². The zero-order valence-corrected chi connectivity index (χ0v) is 11.7. The number of halogens is 2. The van der Waals surface area contributed by atoms with Crippen molar-refractivity contribution in [3.8, 4) is 17.1 Å². The van der Waals surface area contributed by atoms with E-state index in [1.165, 1.54) is 6.07 Å². The first-order valence-electron chi connectivity index (χ1n) is 6.19. The van der Waals surface area contributed by atoms with Crippen LogP contribution in [0.4, 0.5) is 0 Å². The number of hydrogen-bond donors (Lipinski definition) is 1. The van der Waals surface area contributed by atoms with E-state index in [9.17, 15) is 5.11 Å². The second kappa shape index (κ2) is 4.99. The van der Waals surface area contributed by atoms with Crippen molar-refractivity contribution in [2.75, 3.05) is 0 Å². The van der Waals surface area contributed by atoms with Gasteiger partial charge in [-0.15, -0.1) is 0 Å². The fourth-order valence-electron chi connectivity index (χ4n) is 2.32. The van der Waals surface area contributed by atoms with Gasteiger partial charge in [-0.3, -0.25) is 0 Å². The fraction of sp³-hybridized carbons (Fsp3) is 0.286. The van der Waals surface area contributed by atoms with Crippen LogP contribution in [0.3, 0.4) is 0 Å². The molecule has 1 heterocycles. The molecule has 98 valence electrons. The monoisotopic (exact) mass is 294 g/mol. The molecule has 0 bridgehead atoms. The van der Waals surface area contributed by atoms with Crippen molar-refractivity contribution in [3.63, 3.8) is 0 Å². The molecule has 2 aromatic rings. The molecule has 1 aromatic heterocycles. The number of nitrogens with zero attached hydrogens (tertiary/aromatic N) is 2. The minimum absolute atomic E-state index is 0.0504. The number of aromatic nitrogens is 2. The van der Waals surface area contributed by atoms with Crippen molar-refractivity contribution >= 4 is 23.2 Å². The summed E-state index contributed by atoms with van der Waals surface area (Å²) in [5.41, 5.74) is 2.87. The third-order valence-corrected chi connectivity index (χ3v) is 3.95. The molecule has 1 aliphatic carbocycles. The summed E-state index contributed by atoms with van der Waals surface area (Å²) in [5, 5.41) is 10.3. The quantitative estimate of drug-likeness (QED) is 0.808. The first-order chi connectivity index (χ1) is 9.15. The topological polar surface area (TPSA) is 46.0 Å². The van der Waals surface area contributed by atoms with Crippen LogP contribution in [0.5, 0.6) is 5.75 Å². The molecular weight excluding hydrogens is 283 g/mol. The minimum Gasteiger partial charge on any atom is -0.506 e. The van der Waals surface area contributed by atoms with E-state index in [-0.39, 0.29) is 10.8 Å². The number of phenols is 1. The molecule has 5 heteroatoms. The predicted molar refractivity (Wildman–Crippen MR) is 75.8 cm³/mol. The maximum atomic E-state index is 9.44. The van der Waals surface area contributed by atoms with Gasteiger partial charge in [0, 0.05) is 16.8 Å². The van der Waals surface area contributed by atoms with Gasteiger partial charge in [-0.05, 0) is 43.9 Å². The van der Waals surface area contributed by atoms with Gasteiger partial charge in [0.1, 0.15) is 10.9 Å². The normalized spacial score (nSPS) is 14.2. The maximum Gasteiger partial charge on any atom is 0.161 e. The van der Waals surface area contributed by atoms with Crippen molar-refractivity contribution < 1.29 is 5.11 Å². The van der Waals surface area contributed by atoms with Crippen molar-refractivity contribution in [1.82, 2.24) is 9.97 Å². The Hall–Kier alpha value is -1.32. The lowest BCUT2D eigenvalue weighted by molar-refractivity contribution is 0.475. The van der Waals surface area contributed by atoms with E-state index >= 15 is 0 Å². The van der Waals surface area contributed by atoms with Crippen molar-refractivity contribution in [3.05, 3.63) is 39.6 Å². The van der Waals surface area contributed by atoms with Gasteiger partial charge in [0.25, 0.3) is 0 Å². The number of aryl methyl sites for hydroxylation is 1. The van der Waals surface area contributed by atoms with Gasteiger partial charge in [0.2, 0.25) is 0 Å². The van der Waals surface area contributed by atoms with Gasteiger partial charge in [-0.25, -0.2) is 9.97 Å². The Balaban J connectivity index is 2.10. The maximum absolute atomic E-state index is 9.44. The van der Waals surface area contributed by atoms with E-state index in [2.05, 4.69) is 9.97 Å². The summed E-state index contributed by atoms with van der Waals surface area (Å²) in [7, 11) is 0. The molecule has 3 rings (SSSR count). The van der Waals surface area contributed by atoms with Gasteiger partial charge in [-0.2, -0.15) is 0 Å². The average molecular weight is 295 g/mol. The van der Waals surface area contributed by atoms with E-state index in [0.29, 0.717) is 11.0 Å². The van der Waals surface area contributed by atoms with Gasteiger partial charge in [0.15, 0.2) is 5.82 Å². The smallest absolute Gasteiger partial charge is 0.161 e. The lowest BCUT2D eigenvalue weighted by Gasteiger charge is -2.16. The molecule has 0 unspecified atom stereocenters. The molecule has 0 saturated heterocycles. The molecule has 0 atom stereocenters. The standard InChI is InChI=1S/C14H12Cl2N2O/c15-10-7-8(5-6-12(10)19)14-17-11-4-2-1-3-9(11)13(16)18-14/h5-7,19H,1-4H2. The Kier molecular flexibility index (Phi) is 3.33. The molecule has 0 saturated carbocycles.